The standard InChI is InChI=1S/C13H26N4/c1-10(13(2,3)4)17(6)12(7-14)11-8-15-16(5)9-11/h8-10,12H,7,14H2,1-6H3. The molecule has 1 heterocycles. The summed E-state index contributed by atoms with van der Waals surface area (Å²) in [5.74, 6) is 0. The van der Waals surface area contributed by atoms with E-state index in [4.69, 9.17) is 5.73 Å². The van der Waals surface area contributed by atoms with Gasteiger partial charge in [-0.3, -0.25) is 9.58 Å². The molecule has 0 bridgehead atoms. The molecule has 2 N–H and O–H groups in total. The number of aryl methyl sites for hydroxylation is 1. The van der Waals surface area contributed by atoms with Gasteiger partial charge in [0.1, 0.15) is 0 Å². The first-order chi connectivity index (χ1) is 7.77. The molecule has 98 valence electrons. The van der Waals surface area contributed by atoms with E-state index in [2.05, 4.69) is 44.7 Å². The Labute approximate surface area is 105 Å². The Balaban J connectivity index is 2.88. The first kappa shape index (κ1) is 14.2. The Hall–Kier alpha value is -0.870. The molecular weight excluding hydrogens is 212 g/mol. The van der Waals surface area contributed by atoms with Gasteiger partial charge in [0, 0.05) is 31.4 Å². The molecule has 4 heteroatoms. The highest BCUT2D eigenvalue weighted by atomic mass is 15.3. The minimum absolute atomic E-state index is 0.234. The van der Waals surface area contributed by atoms with E-state index in [-0.39, 0.29) is 11.5 Å². The van der Waals surface area contributed by atoms with Gasteiger partial charge >= 0.3 is 0 Å². The van der Waals surface area contributed by atoms with E-state index in [0.29, 0.717) is 12.6 Å². The second-order valence-corrected chi connectivity index (χ2v) is 5.91. The van der Waals surface area contributed by atoms with Crippen LogP contribution in [-0.4, -0.2) is 34.3 Å². The van der Waals surface area contributed by atoms with Crippen LogP contribution in [0, 0.1) is 5.41 Å². The van der Waals surface area contributed by atoms with Crippen molar-refractivity contribution in [3.63, 3.8) is 0 Å². The highest BCUT2D eigenvalue weighted by molar-refractivity contribution is 5.11. The lowest BCUT2D eigenvalue weighted by atomic mass is 9.86. The van der Waals surface area contributed by atoms with E-state index in [9.17, 15) is 0 Å². The SMILES string of the molecule is CC(N(C)C(CN)c1cnn(C)c1)C(C)(C)C. The van der Waals surface area contributed by atoms with Crippen LogP contribution in [0.25, 0.3) is 0 Å². The second kappa shape index (κ2) is 5.19. The zero-order valence-electron chi connectivity index (χ0n) is 11.9. The molecule has 0 amide bonds. The molecular formula is C13H26N4. The molecule has 0 aromatic carbocycles. The van der Waals surface area contributed by atoms with E-state index in [1.54, 1.807) is 0 Å². The highest BCUT2D eigenvalue weighted by Gasteiger charge is 2.29. The van der Waals surface area contributed by atoms with Crippen molar-refractivity contribution in [3.8, 4) is 0 Å². The summed E-state index contributed by atoms with van der Waals surface area (Å²) in [4.78, 5) is 2.34. The predicted octanol–water partition coefficient (Wildman–Crippen LogP) is 1.79. The maximum absolute atomic E-state index is 5.92. The fourth-order valence-electron chi connectivity index (χ4n) is 2.03. The smallest absolute Gasteiger partial charge is 0.0538 e. The molecule has 0 aliphatic heterocycles. The van der Waals surface area contributed by atoms with Gasteiger partial charge in [-0.2, -0.15) is 5.10 Å². The Bertz CT molecular complexity index is 351. The first-order valence-corrected chi connectivity index (χ1v) is 6.18. The summed E-state index contributed by atoms with van der Waals surface area (Å²) in [6.07, 6.45) is 3.95. The van der Waals surface area contributed by atoms with Crippen molar-refractivity contribution >= 4 is 0 Å². The summed E-state index contributed by atoms with van der Waals surface area (Å²) >= 11 is 0. The van der Waals surface area contributed by atoms with E-state index >= 15 is 0 Å². The third-order valence-corrected chi connectivity index (χ3v) is 3.69. The predicted molar refractivity (Wildman–Crippen MR) is 71.7 cm³/mol. The van der Waals surface area contributed by atoms with Crippen LogP contribution in [-0.2, 0) is 7.05 Å². The van der Waals surface area contributed by atoms with Crippen molar-refractivity contribution < 1.29 is 0 Å². The molecule has 0 fully saturated rings. The van der Waals surface area contributed by atoms with Crippen molar-refractivity contribution in [3.05, 3.63) is 18.0 Å². The van der Waals surface area contributed by atoms with Crippen LogP contribution in [0.4, 0.5) is 0 Å². The van der Waals surface area contributed by atoms with Crippen LogP contribution < -0.4 is 5.73 Å². The van der Waals surface area contributed by atoms with E-state index in [0.717, 1.165) is 0 Å². The molecule has 0 radical (unpaired) electrons. The van der Waals surface area contributed by atoms with Crippen LogP contribution in [0.1, 0.15) is 39.3 Å². The summed E-state index contributed by atoms with van der Waals surface area (Å²) in [5, 5.41) is 4.22. The van der Waals surface area contributed by atoms with Gasteiger partial charge in [0.05, 0.1) is 12.2 Å². The van der Waals surface area contributed by atoms with Gasteiger partial charge < -0.3 is 5.73 Å². The normalized spacial score (nSPS) is 16.2. The Morgan fingerprint density at radius 3 is 2.41 bits per heavy atom. The molecule has 0 spiro atoms. The van der Waals surface area contributed by atoms with Crippen LogP contribution in [0.5, 0.6) is 0 Å². The third-order valence-electron chi connectivity index (χ3n) is 3.69. The van der Waals surface area contributed by atoms with Gasteiger partial charge in [0.15, 0.2) is 0 Å². The largest absolute Gasteiger partial charge is 0.329 e. The van der Waals surface area contributed by atoms with Gasteiger partial charge in [-0.25, -0.2) is 0 Å². The maximum Gasteiger partial charge on any atom is 0.0538 e. The third kappa shape index (κ3) is 3.30. The molecule has 4 nitrogen and oxygen atoms in total. The second-order valence-electron chi connectivity index (χ2n) is 5.91. The number of rotatable bonds is 4. The van der Waals surface area contributed by atoms with Crippen molar-refractivity contribution in [1.29, 1.82) is 0 Å². The molecule has 17 heavy (non-hydrogen) atoms. The van der Waals surface area contributed by atoms with Crippen molar-refractivity contribution in [2.75, 3.05) is 13.6 Å². The van der Waals surface area contributed by atoms with Crippen molar-refractivity contribution in [2.24, 2.45) is 18.2 Å². The molecule has 0 saturated carbocycles. The molecule has 1 rings (SSSR count). The summed E-state index contributed by atoms with van der Waals surface area (Å²) in [5.41, 5.74) is 7.35. The number of nitrogens with zero attached hydrogens (tertiary/aromatic N) is 3. The zero-order valence-corrected chi connectivity index (χ0v) is 11.9. The zero-order chi connectivity index (χ0) is 13.2. The van der Waals surface area contributed by atoms with Crippen LogP contribution in [0.3, 0.4) is 0 Å². The van der Waals surface area contributed by atoms with Crippen LogP contribution in [0.2, 0.25) is 0 Å². The summed E-state index contributed by atoms with van der Waals surface area (Å²) in [6, 6.07) is 0.689. The van der Waals surface area contributed by atoms with Gasteiger partial charge in [0.25, 0.3) is 0 Å². The fraction of sp³-hybridized carbons (Fsp3) is 0.769. The lowest BCUT2D eigenvalue weighted by molar-refractivity contribution is 0.100. The monoisotopic (exact) mass is 238 g/mol. The van der Waals surface area contributed by atoms with E-state index in [1.165, 1.54) is 5.56 Å². The van der Waals surface area contributed by atoms with Gasteiger partial charge in [0.2, 0.25) is 0 Å². The number of hydrogen-bond acceptors (Lipinski definition) is 3. The molecule has 1 aromatic rings. The van der Waals surface area contributed by atoms with Crippen molar-refractivity contribution in [1.82, 2.24) is 14.7 Å². The topological polar surface area (TPSA) is 47.1 Å². The Morgan fingerprint density at radius 1 is 1.47 bits per heavy atom. The van der Waals surface area contributed by atoms with Crippen LogP contribution >= 0.6 is 0 Å². The number of aromatic nitrogens is 2. The van der Waals surface area contributed by atoms with Gasteiger partial charge in [-0.05, 0) is 19.4 Å². The summed E-state index contributed by atoms with van der Waals surface area (Å²) in [7, 11) is 4.07. The van der Waals surface area contributed by atoms with Gasteiger partial charge in [-0.15, -0.1) is 0 Å². The number of hydrogen-bond donors (Lipinski definition) is 1. The lowest BCUT2D eigenvalue weighted by Gasteiger charge is -2.39. The molecule has 1 aromatic heterocycles. The molecule has 2 unspecified atom stereocenters. The average Bonchev–Trinajstić information content (AvgIpc) is 2.63. The van der Waals surface area contributed by atoms with Crippen LogP contribution in [0.15, 0.2) is 12.4 Å². The maximum atomic E-state index is 5.92. The molecule has 0 aliphatic carbocycles. The van der Waals surface area contributed by atoms with E-state index in [1.807, 2.05) is 24.1 Å². The minimum Gasteiger partial charge on any atom is -0.329 e. The average molecular weight is 238 g/mol. The van der Waals surface area contributed by atoms with Gasteiger partial charge in [-0.1, -0.05) is 20.8 Å². The molecule has 2 atom stereocenters. The first-order valence-electron chi connectivity index (χ1n) is 6.18. The number of likely N-dealkylation sites (N-methyl/N-ethyl adjacent to an activating group) is 1. The molecule has 0 aliphatic rings. The minimum atomic E-state index is 0.234. The summed E-state index contributed by atoms with van der Waals surface area (Å²) < 4.78 is 1.83. The summed E-state index contributed by atoms with van der Waals surface area (Å²) in [6.45, 7) is 9.63. The fourth-order valence-corrected chi connectivity index (χ4v) is 2.03. The Kier molecular flexibility index (Phi) is 4.33. The van der Waals surface area contributed by atoms with Crippen molar-refractivity contribution in [2.45, 2.75) is 39.8 Å². The van der Waals surface area contributed by atoms with E-state index < -0.39 is 0 Å². The lowest BCUT2D eigenvalue weighted by Crippen LogP contribution is -2.43. The molecule has 0 saturated heterocycles. The Morgan fingerprint density at radius 2 is 2.06 bits per heavy atom. The highest BCUT2D eigenvalue weighted by Crippen LogP contribution is 2.29. The number of nitrogens with two attached hydrogens (primary N) is 1. The quantitative estimate of drug-likeness (QED) is 0.870.